The minimum Gasteiger partial charge on any atom is -0.338 e. The number of amides is 2. The van der Waals surface area contributed by atoms with Crippen LogP contribution in [-0.2, 0) is 11.0 Å². The van der Waals surface area contributed by atoms with E-state index in [9.17, 15) is 22.8 Å². The van der Waals surface area contributed by atoms with E-state index < -0.39 is 29.4 Å². The van der Waals surface area contributed by atoms with Crippen LogP contribution in [0, 0.1) is 5.92 Å². The Bertz CT molecular complexity index is 872. The fourth-order valence-corrected chi connectivity index (χ4v) is 3.37. The first-order chi connectivity index (χ1) is 13.7. The quantitative estimate of drug-likeness (QED) is 0.840. The fraction of sp³-hybridized carbons (Fsp3) is 0.474. The van der Waals surface area contributed by atoms with Gasteiger partial charge < -0.3 is 10.2 Å². The van der Waals surface area contributed by atoms with Gasteiger partial charge in [0, 0.05) is 31.2 Å². The second-order valence-corrected chi connectivity index (χ2v) is 7.21. The third-order valence-corrected chi connectivity index (χ3v) is 4.85. The summed E-state index contributed by atoms with van der Waals surface area (Å²) in [5.74, 6) is -0.819. The van der Waals surface area contributed by atoms with Gasteiger partial charge in [0.1, 0.15) is 5.82 Å². The summed E-state index contributed by atoms with van der Waals surface area (Å²) in [4.78, 5) is 30.5. The Morgan fingerprint density at radius 2 is 1.90 bits per heavy atom. The van der Waals surface area contributed by atoms with Crippen molar-refractivity contribution in [3.8, 4) is 0 Å². The Morgan fingerprint density at radius 1 is 1.21 bits per heavy atom. The number of halogens is 3. The summed E-state index contributed by atoms with van der Waals surface area (Å²) in [5, 5.41) is 6.48. The largest absolute Gasteiger partial charge is 0.433 e. The Hall–Kier alpha value is -2.91. The second-order valence-electron chi connectivity index (χ2n) is 7.21. The Kier molecular flexibility index (Phi) is 5.90. The lowest BCUT2D eigenvalue weighted by Crippen LogP contribution is -2.42. The topological polar surface area (TPSA) is 80.1 Å². The maximum atomic E-state index is 13.5. The van der Waals surface area contributed by atoms with Crippen molar-refractivity contribution in [3.05, 3.63) is 41.9 Å². The fourth-order valence-electron chi connectivity index (χ4n) is 3.37. The Balaban J connectivity index is 1.67. The van der Waals surface area contributed by atoms with Crippen molar-refractivity contribution in [3.63, 3.8) is 0 Å². The molecule has 0 spiro atoms. The van der Waals surface area contributed by atoms with Gasteiger partial charge in [0.15, 0.2) is 5.69 Å². The van der Waals surface area contributed by atoms with E-state index in [1.165, 1.54) is 4.90 Å². The highest BCUT2D eigenvalue weighted by Crippen LogP contribution is 2.34. The zero-order valence-corrected chi connectivity index (χ0v) is 16.1. The molecule has 2 aromatic heterocycles. The van der Waals surface area contributed by atoms with Gasteiger partial charge in [0.25, 0.3) is 5.91 Å². The van der Waals surface area contributed by atoms with Gasteiger partial charge in [-0.2, -0.15) is 18.3 Å². The van der Waals surface area contributed by atoms with Gasteiger partial charge in [0.2, 0.25) is 5.91 Å². The number of nitrogens with one attached hydrogen (secondary N) is 1. The molecule has 1 aliphatic rings. The molecule has 7 nitrogen and oxygen atoms in total. The van der Waals surface area contributed by atoms with Crippen LogP contribution in [0.15, 0.2) is 30.6 Å². The first kappa shape index (κ1) is 20.8. The molecule has 0 aliphatic carbocycles. The molecule has 0 aromatic carbocycles. The minimum atomic E-state index is -4.69. The van der Waals surface area contributed by atoms with Crippen LogP contribution in [0.3, 0.4) is 0 Å². The third kappa shape index (κ3) is 4.57. The molecule has 1 aliphatic heterocycles. The summed E-state index contributed by atoms with van der Waals surface area (Å²) in [6.07, 6.45) is -1.42. The van der Waals surface area contributed by atoms with Crippen LogP contribution in [0.2, 0.25) is 0 Å². The zero-order chi connectivity index (χ0) is 21.2. The summed E-state index contributed by atoms with van der Waals surface area (Å²) in [6.45, 7) is 3.54. The van der Waals surface area contributed by atoms with E-state index in [2.05, 4.69) is 15.4 Å². The molecule has 1 saturated heterocycles. The molecule has 29 heavy (non-hydrogen) atoms. The highest BCUT2D eigenvalue weighted by molar-refractivity contribution is 5.96. The number of aromatic nitrogens is 3. The molecule has 0 saturated carbocycles. The predicted molar refractivity (Wildman–Crippen MR) is 99.1 cm³/mol. The smallest absolute Gasteiger partial charge is 0.338 e. The number of anilines is 1. The molecule has 0 unspecified atom stereocenters. The van der Waals surface area contributed by atoms with Crippen molar-refractivity contribution in [1.82, 2.24) is 19.7 Å². The predicted octanol–water partition coefficient (Wildman–Crippen LogP) is 3.37. The van der Waals surface area contributed by atoms with Crippen molar-refractivity contribution >= 4 is 17.6 Å². The molecule has 2 amide bonds. The van der Waals surface area contributed by atoms with Crippen molar-refractivity contribution in [2.45, 2.75) is 38.9 Å². The first-order valence-electron chi connectivity index (χ1n) is 9.34. The molecule has 0 bridgehead atoms. The van der Waals surface area contributed by atoms with Gasteiger partial charge in [-0.3, -0.25) is 14.3 Å². The monoisotopic (exact) mass is 409 g/mol. The van der Waals surface area contributed by atoms with Crippen molar-refractivity contribution in [2.75, 3.05) is 18.4 Å². The average Bonchev–Trinajstić information content (AvgIpc) is 3.14. The highest BCUT2D eigenvalue weighted by Gasteiger charge is 2.42. The molecule has 1 fully saturated rings. The van der Waals surface area contributed by atoms with E-state index in [4.69, 9.17) is 0 Å². The van der Waals surface area contributed by atoms with Crippen molar-refractivity contribution in [1.29, 1.82) is 0 Å². The number of carbonyl (C=O) groups is 2. The van der Waals surface area contributed by atoms with Gasteiger partial charge in [-0.25, -0.2) is 4.98 Å². The van der Waals surface area contributed by atoms with Crippen LogP contribution >= 0.6 is 0 Å². The summed E-state index contributed by atoms with van der Waals surface area (Å²) >= 11 is 0. The van der Waals surface area contributed by atoms with Gasteiger partial charge in [-0.05, 0) is 38.8 Å². The number of piperidine rings is 1. The van der Waals surface area contributed by atoms with E-state index in [0.717, 1.165) is 10.9 Å². The number of likely N-dealkylation sites (tertiary alicyclic amines) is 1. The number of nitrogens with zero attached hydrogens (tertiary/aromatic N) is 4. The summed E-state index contributed by atoms with van der Waals surface area (Å²) in [6, 6.07) is 4.62. The van der Waals surface area contributed by atoms with Crippen LogP contribution in [0.25, 0.3) is 0 Å². The molecule has 0 atom stereocenters. The standard InChI is InChI=1S/C19H22F3N5O2/c1-12(2)27-16(19(20,21)22)14(11-24-27)18(29)26-9-6-13(7-10-26)17(28)25-15-5-3-4-8-23-15/h3-5,8,11-13H,6-7,9-10H2,1-2H3,(H,23,25,28). The summed E-state index contributed by atoms with van der Waals surface area (Å²) < 4.78 is 41.4. The van der Waals surface area contributed by atoms with Gasteiger partial charge >= 0.3 is 6.18 Å². The van der Waals surface area contributed by atoms with Gasteiger partial charge in [-0.1, -0.05) is 6.07 Å². The average molecular weight is 409 g/mol. The van der Waals surface area contributed by atoms with E-state index in [-0.39, 0.29) is 24.9 Å². The number of hydrogen-bond acceptors (Lipinski definition) is 4. The van der Waals surface area contributed by atoms with E-state index in [1.54, 1.807) is 38.2 Å². The lowest BCUT2D eigenvalue weighted by atomic mass is 9.95. The third-order valence-electron chi connectivity index (χ3n) is 4.85. The molecular formula is C19H22F3N5O2. The molecule has 156 valence electrons. The van der Waals surface area contributed by atoms with E-state index in [0.29, 0.717) is 18.7 Å². The molecule has 0 radical (unpaired) electrons. The van der Waals surface area contributed by atoms with Crippen LogP contribution in [0.4, 0.5) is 19.0 Å². The first-order valence-corrected chi connectivity index (χ1v) is 9.34. The van der Waals surface area contributed by atoms with E-state index in [1.807, 2.05) is 0 Å². The van der Waals surface area contributed by atoms with Crippen molar-refractivity contribution in [2.24, 2.45) is 5.92 Å². The normalized spacial score (nSPS) is 15.6. The van der Waals surface area contributed by atoms with Crippen LogP contribution in [-0.4, -0.2) is 44.6 Å². The molecular weight excluding hydrogens is 387 g/mol. The van der Waals surface area contributed by atoms with Gasteiger partial charge in [-0.15, -0.1) is 0 Å². The zero-order valence-electron chi connectivity index (χ0n) is 16.1. The summed E-state index contributed by atoms with van der Waals surface area (Å²) in [5.41, 5.74) is -1.49. The highest BCUT2D eigenvalue weighted by atomic mass is 19.4. The van der Waals surface area contributed by atoms with E-state index >= 15 is 0 Å². The lowest BCUT2D eigenvalue weighted by Gasteiger charge is -2.31. The molecule has 1 N–H and O–H groups in total. The maximum absolute atomic E-state index is 13.5. The Labute approximate surface area is 165 Å². The number of pyridine rings is 1. The number of hydrogen-bond donors (Lipinski definition) is 1. The number of carbonyl (C=O) groups excluding carboxylic acids is 2. The Morgan fingerprint density at radius 3 is 2.45 bits per heavy atom. The van der Waals surface area contributed by atoms with Crippen LogP contribution < -0.4 is 5.32 Å². The number of alkyl halides is 3. The minimum absolute atomic E-state index is 0.198. The molecule has 10 heteroatoms. The van der Waals surface area contributed by atoms with Crippen LogP contribution in [0.1, 0.15) is 48.8 Å². The van der Waals surface area contributed by atoms with Crippen LogP contribution in [0.5, 0.6) is 0 Å². The van der Waals surface area contributed by atoms with Crippen molar-refractivity contribution < 1.29 is 22.8 Å². The lowest BCUT2D eigenvalue weighted by molar-refractivity contribution is -0.145. The molecule has 3 heterocycles. The van der Waals surface area contributed by atoms with Gasteiger partial charge in [0.05, 0.1) is 11.8 Å². The molecule has 2 aromatic rings. The number of rotatable bonds is 4. The second kappa shape index (κ2) is 8.22. The molecule has 3 rings (SSSR count). The SMILES string of the molecule is CC(C)n1ncc(C(=O)N2CCC(C(=O)Nc3ccccn3)CC2)c1C(F)(F)F. The maximum Gasteiger partial charge on any atom is 0.433 e. The summed E-state index contributed by atoms with van der Waals surface area (Å²) in [7, 11) is 0.